The Kier molecular flexibility index (Phi) is 21.9. The van der Waals surface area contributed by atoms with Gasteiger partial charge in [0.05, 0.1) is 0 Å². The average Bonchev–Trinajstić information content (AvgIpc) is 2.61. The number of rotatable bonds is 15. The molecule has 0 rings (SSSR count). The number of hydrogen-bond donors (Lipinski definition) is 1. The number of carbonyl (C=O) groups excluding carboxylic acids is 2. The number of carboxylic acid groups (broad SMARTS) is 1. The Labute approximate surface area is 159 Å². The van der Waals surface area contributed by atoms with Crippen LogP contribution < -0.4 is 0 Å². The smallest absolute Gasteiger partial charge is 0.327 e. The highest BCUT2D eigenvalue weighted by atomic mass is 16.6. The number of hydrogen-bond acceptors (Lipinski definition) is 4. The van der Waals surface area contributed by atoms with Gasteiger partial charge < -0.3 is 9.84 Å². The topological polar surface area (TPSA) is 80.7 Å². The number of unbranched alkanes of at least 4 members (excludes halogenated alkanes) is 10. The highest BCUT2D eigenvalue weighted by Gasteiger charge is 2.09. The maximum absolute atomic E-state index is 11.5. The van der Waals surface area contributed by atoms with Crippen LogP contribution in [-0.2, 0) is 19.1 Å². The van der Waals surface area contributed by atoms with E-state index >= 15 is 0 Å². The predicted octanol–water partition coefficient (Wildman–Crippen LogP) is 5.81. The summed E-state index contributed by atoms with van der Waals surface area (Å²) >= 11 is 0. The summed E-state index contributed by atoms with van der Waals surface area (Å²) in [5.74, 6) is -1.67. The van der Waals surface area contributed by atoms with Crippen molar-refractivity contribution in [3.8, 4) is 0 Å². The van der Waals surface area contributed by atoms with Gasteiger partial charge in [0.15, 0.2) is 0 Å². The number of carboxylic acids is 1. The van der Waals surface area contributed by atoms with Crippen LogP contribution in [0.2, 0.25) is 0 Å². The molecular weight excluding hydrogens is 332 g/mol. The quantitative estimate of drug-likeness (QED) is 0.170. The van der Waals surface area contributed by atoms with Gasteiger partial charge in [-0.25, -0.2) is 4.79 Å². The standard InChI is InChI=1S/C18H34O3.C3H4O2/c1-3-5-7-9-10-12-14-16-18(20)21-17(19)15-13-11-8-6-4-2;1-2-3(4)5/h3-16H2,1-2H3;2H,1H2,(H,4,5). The van der Waals surface area contributed by atoms with Crippen molar-refractivity contribution in [2.24, 2.45) is 0 Å². The molecule has 0 amide bonds. The van der Waals surface area contributed by atoms with Gasteiger partial charge in [0.25, 0.3) is 0 Å². The maximum Gasteiger partial charge on any atom is 0.327 e. The summed E-state index contributed by atoms with van der Waals surface area (Å²) in [6.45, 7) is 7.33. The van der Waals surface area contributed by atoms with E-state index in [9.17, 15) is 14.4 Å². The second-order valence-electron chi connectivity index (χ2n) is 6.42. The Morgan fingerprint density at radius 3 is 1.35 bits per heavy atom. The molecule has 26 heavy (non-hydrogen) atoms. The third-order valence-electron chi connectivity index (χ3n) is 3.87. The van der Waals surface area contributed by atoms with E-state index in [0.717, 1.165) is 38.2 Å². The third-order valence-corrected chi connectivity index (χ3v) is 3.87. The minimum absolute atomic E-state index is 0.345. The van der Waals surface area contributed by atoms with Gasteiger partial charge in [-0.15, -0.1) is 0 Å². The Morgan fingerprint density at radius 2 is 1.04 bits per heavy atom. The molecule has 0 atom stereocenters. The summed E-state index contributed by atoms with van der Waals surface area (Å²) in [6, 6.07) is 0. The van der Waals surface area contributed by atoms with E-state index < -0.39 is 5.97 Å². The second-order valence-corrected chi connectivity index (χ2v) is 6.42. The van der Waals surface area contributed by atoms with Gasteiger partial charge in [0, 0.05) is 18.9 Å². The zero-order valence-electron chi connectivity index (χ0n) is 16.8. The summed E-state index contributed by atoms with van der Waals surface area (Å²) in [5, 5.41) is 7.60. The molecule has 0 fully saturated rings. The molecule has 0 radical (unpaired) electrons. The monoisotopic (exact) mass is 370 g/mol. The largest absolute Gasteiger partial charge is 0.478 e. The molecule has 0 aromatic heterocycles. The Morgan fingerprint density at radius 1 is 0.731 bits per heavy atom. The summed E-state index contributed by atoms with van der Waals surface area (Å²) < 4.78 is 4.82. The normalized spacial score (nSPS) is 9.77. The van der Waals surface area contributed by atoms with E-state index in [-0.39, 0.29) is 11.9 Å². The molecule has 0 aromatic carbocycles. The van der Waals surface area contributed by atoms with Crippen molar-refractivity contribution in [1.82, 2.24) is 0 Å². The van der Waals surface area contributed by atoms with Crippen LogP contribution in [0.3, 0.4) is 0 Å². The summed E-state index contributed by atoms with van der Waals surface area (Å²) in [5.41, 5.74) is 0. The van der Waals surface area contributed by atoms with Crippen molar-refractivity contribution in [3.63, 3.8) is 0 Å². The van der Waals surface area contributed by atoms with Crippen LogP contribution in [0.5, 0.6) is 0 Å². The first-order chi connectivity index (χ1) is 12.5. The van der Waals surface area contributed by atoms with Gasteiger partial charge in [-0.05, 0) is 12.8 Å². The van der Waals surface area contributed by atoms with Gasteiger partial charge in [-0.1, -0.05) is 84.6 Å². The van der Waals surface area contributed by atoms with Crippen molar-refractivity contribution in [2.75, 3.05) is 0 Å². The van der Waals surface area contributed by atoms with Crippen LogP contribution in [-0.4, -0.2) is 23.0 Å². The molecule has 0 aliphatic rings. The van der Waals surface area contributed by atoms with E-state index in [2.05, 4.69) is 20.4 Å². The molecule has 0 aliphatic heterocycles. The lowest BCUT2D eigenvalue weighted by molar-refractivity contribution is -0.159. The van der Waals surface area contributed by atoms with Crippen LogP contribution >= 0.6 is 0 Å². The number of aliphatic carboxylic acids is 1. The van der Waals surface area contributed by atoms with E-state index in [1.54, 1.807) is 0 Å². The molecular formula is C21H38O5. The van der Waals surface area contributed by atoms with E-state index in [1.165, 1.54) is 44.9 Å². The van der Waals surface area contributed by atoms with Crippen molar-refractivity contribution in [3.05, 3.63) is 12.7 Å². The van der Waals surface area contributed by atoms with E-state index in [1.807, 2.05) is 0 Å². The highest BCUT2D eigenvalue weighted by Crippen LogP contribution is 2.10. The lowest BCUT2D eigenvalue weighted by atomic mass is 10.1. The molecule has 152 valence electrons. The second kappa shape index (κ2) is 21.4. The molecule has 5 heteroatoms. The Hall–Kier alpha value is -1.65. The molecule has 0 aromatic rings. The fraction of sp³-hybridized carbons (Fsp3) is 0.762. The molecule has 0 spiro atoms. The number of esters is 2. The molecule has 0 saturated carbocycles. The van der Waals surface area contributed by atoms with Crippen molar-refractivity contribution < 1.29 is 24.2 Å². The first kappa shape index (κ1) is 26.6. The zero-order chi connectivity index (χ0) is 20.0. The third kappa shape index (κ3) is 24.6. The molecule has 0 unspecified atom stereocenters. The van der Waals surface area contributed by atoms with Crippen molar-refractivity contribution >= 4 is 17.9 Å². The SMILES string of the molecule is C=CC(=O)O.CCCCCCCCCC(=O)OC(=O)CCCCCCC. The molecule has 0 heterocycles. The Balaban J connectivity index is 0. The Bertz CT molecular complexity index is 377. The molecule has 5 nitrogen and oxygen atoms in total. The van der Waals surface area contributed by atoms with Gasteiger partial charge in [0.1, 0.15) is 0 Å². The summed E-state index contributed by atoms with van der Waals surface area (Å²) in [4.78, 5) is 32.2. The lowest BCUT2D eigenvalue weighted by Gasteiger charge is -2.03. The maximum atomic E-state index is 11.5. The highest BCUT2D eigenvalue weighted by molar-refractivity contribution is 5.85. The van der Waals surface area contributed by atoms with Crippen molar-refractivity contribution in [2.45, 2.75) is 104 Å². The number of ether oxygens (including phenoxy) is 1. The molecule has 1 N–H and O–H groups in total. The fourth-order valence-corrected chi connectivity index (χ4v) is 2.33. The van der Waals surface area contributed by atoms with E-state index in [4.69, 9.17) is 9.84 Å². The number of carbonyl (C=O) groups is 3. The first-order valence-electron chi connectivity index (χ1n) is 10.1. The molecule has 0 aliphatic carbocycles. The minimum Gasteiger partial charge on any atom is -0.478 e. The molecule has 0 bridgehead atoms. The molecule has 0 saturated heterocycles. The lowest BCUT2D eigenvalue weighted by Crippen LogP contribution is -2.11. The van der Waals surface area contributed by atoms with Crippen LogP contribution in [0, 0.1) is 0 Å². The van der Waals surface area contributed by atoms with Gasteiger partial charge in [0.2, 0.25) is 0 Å². The summed E-state index contributed by atoms with van der Waals surface area (Å²) in [6.07, 6.45) is 15.2. The first-order valence-corrected chi connectivity index (χ1v) is 10.1. The van der Waals surface area contributed by atoms with Crippen LogP contribution in [0.1, 0.15) is 104 Å². The van der Waals surface area contributed by atoms with Crippen molar-refractivity contribution in [1.29, 1.82) is 0 Å². The fourth-order valence-electron chi connectivity index (χ4n) is 2.33. The average molecular weight is 371 g/mol. The van der Waals surface area contributed by atoms with Crippen LogP contribution in [0.4, 0.5) is 0 Å². The minimum atomic E-state index is -0.981. The van der Waals surface area contributed by atoms with Gasteiger partial charge >= 0.3 is 17.9 Å². The zero-order valence-corrected chi connectivity index (χ0v) is 16.8. The van der Waals surface area contributed by atoms with Gasteiger partial charge in [-0.2, -0.15) is 0 Å². The van der Waals surface area contributed by atoms with Crippen LogP contribution in [0.25, 0.3) is 0 Å². The van der Waals surface area contributed by atoms with Gasteiger partial charge in [-0.3, -0.25) is 9.59 Å². The predicted molar refractivity (Wildman–Crippen MR) is 105 cm³/mol. The van der Waals surface area contributed by atoms with Crippen LogP contribution in [0.15, 0.2) is 12.7 Å². The summed E-state index contributed by atoms with van der Waals surface area (Å²) in [7, 11) is 0. The van der Waals surface area contributed by atoms with E-state index in [0.29, 0.717) is 12.8 Å².